The summed E-state index contributed by atoms with van der Waals surface area (Å²) in [5.41, 5.74) is 3.38. The lowest BCUT2D eigenvalue weighted by Crippen LogP contribution is -2.32. The van der Waals surface area contributed by atoms with E-state index < -0.39 is 0 Å². The van der Waals surface area contributed by atoms with E-state index in [1.807, 2.05) is 12.1 Å². The maximum atomic E-state index is 12.9. The maximum Gasteiger partial charge on any atom is 0.278 e. The van der Waals surface area contributed by atoms with Gasteiger partial charge in [0.15, 0.2) is 0 Å². The van der Waals surface area contributed by atoms with Gasteiger partial charge in [0.25, 0.3) is 11.8 Å². The van der Waals surface area contributed by atoms with Gasteiger partial charge in [-0.05, 0) is 68.1 Å². The van der Waals surface area contributed by atoms with Crippen LogP contribution in [0.5, 0.6) is 5.75 Å². The molecule has 2 aromatic carbocycles. The highest BCUT2D eigenvalue weighted by molar-refractivity contribution is 6.36. The zero-order chi connectivity index (χ0) is 21.1. The monoisotopic (exact) mass is 405 g/mol. The molecule has 0 bridgehead atoms. The van der Waals surface area contributed by atoms with Gasteiger partial charge in [-0.25, -0.2) is 0 Å². The number of hydrogen-bond acceptors (Lipinski definition) is 5. The van der Waals surface area contributed by atoms with Crippen molar-refractivity contribution < 1.29 is 14.3 Å². The number of anilines is 2. The smallest absolute Gasteiger partial charge is 0.278 e. The zero-order valence-electron chi connectivity index (χ0n) is 17.5. The molecule has 30 heavy (non-hydrogen) atoms. The van der Waals surface area contributed by atoms with Gasteiger partial charge in [0.05, 0.1) is 12.7 Å². The van der Waals surface area contributed by atoms with Crippen LogP contribution in [0.1, 0.15) is 31.7 Å². The van der Waals surface area contributed by atoms with Crippen LogP contribution in [-0.4, -0.2) is 43.5 Å². The number of likely N-dealkylation sites (N-methyl/N-ethyl adjacent to an activating group) is 1. The fourth-order valence-corrected chi connectivity index (χ4v) is 4.06. The molecule has 6 heteroatoms. The second kappa shape index (κ2) is 8.61. The van der Waals surface area contributed by atoms with Crippen LogP contribution in [-0.2, 0) is 9.59 Å². The molecule has 2 aromatic rings. The van der Waals surface area contributed by atoms with Gasteiger partial charge in [-0.3, -0.25) is 14.5 Å². The fourth-order valence-electron chi connectivity index (χ4n) is 4.06. The van der Waals surface area contributed by atoms with Crippen LogP contribution >= 0.6 is 0 Å². The number of carbonyl (C=O) groups excluding carboxylic acids is 2. The molecule has 6 nitrogen and oxygen atoms in total. The molecular formula is C24H27N3O3. The number of rotatable bonds is 6. The molecule has 1 fully saturated rings. The van der Waals surface area contributed by atoms with Gasteiger partial charge in [-0.15, -0.1) is 0 Å². The molecule has 0 spiro atoms. The van der Waals surface area contributed by atoms with E-state index in [1.165, 1.54) is 29.8 Å². The molecule has 2 aliphatic heterocycles. The molecule has 156 valence electrons. The SMILES string of the molecule is CCN1C(=O)C(Nc2ccc(N3CCCCC3)cc2)=C(c2ccc(OC)cc2)C1=O. The standard InChI is InChI=1S/C24H27N3O3/c1-3-27-23(28)21(17-7-13-20(30-2)14-8-17)22(24(27)29)25-18-9-11-19(12-10-18)26-15-5-4-6-16-26/h7-14,25H,3-6,15-16H2,1-2H3. The first-order chi connectivity index (χ1) is 14.6. The summed E-state index contributed by atoms with van der Waals surface area (Å²) in [6, 6.07) is 15.3. The Morgan fingerprint density at radius 1 is 0.900 bits per heavy atom. The molecule has 0 radical (unpaired) electrons. The lowest BCUT2D eigenvalue weighted by Gasteiger charge is -2.28. The van der Waals surface area contributed by atoms with Gasteiger partial charge in [-0.1, -0.05) is 12.1 Å². The number of benzene rings is 2. The first kappa shape index (κ1) is 20.0. The third-order valence-electron chi connectivity index (χ3n) is 5.72. The summed E-state index contributed by atoms with van der Waals surface area (Å²) in [7, 11) is 1.60. The first-order valence-electron chi connectivity index (χ1n) is 10.5. The summed E-state index contributed by atoms with van der Waals surface area (Å²) >= 11 is 0. The molecule has 0 unspecified atom stereocenters. The average molecular weight is 405 g/mol. The molecular weight excluding hydrogens is 378 g/mol. The summed E-state index contributed by atoms with van der Waals surface area (Å²) in [6.07, 6.45) is 3.74. The minimum atomic E-state index is -0.298. The number of imide groups is 1. The van der Waals surface area contributed by atoms with Crippen molar-refractivity contribution in [2.45, 2.75) is 26.2 Å². The minimum Gasteiger partial charge on any atom is -0.497 e. The molecule has 0 aromatic heterocycles. The van der Waals surface area contributed by atoms with Crippen LogP contribution in [0.3, 0.4) is 0 Å². The molecule has 0 aliphatic carbocycles. The highest BCUT2D eigenvalue weighted by Gasteiger charge is 2.38. The largest absolute Gasteiger partial charge is 0.497 e. The van der Waals surface area contributed by atoms with E-state index in [9.17, 15) is 9.59 Å². The van der Waals surface area contributed by atoms with Crippen LogP contribution < -0.4 is 15.0 Å². The Morgan fingerprint density at radius 3 is 2.17 bits per heavy atom. The topological polar surface area (TPSA) is 61.9 Å². The third-order valence-corrected chi connectivity index (χ3v) is 5.72. The highest BCUT2D eigenvalue weighted by atomic mass is 16.5. The third kappa shape index (κ3) is 3.77. The van der Waals surface area contributed by atoms with E-state index >= 15 is 0 Å². The van der Waals surface area contributed by atoms with Crippen molar-refractivity contribution in [3.8, 4) is 5.75 Å². The van der Waals surface area contributed by atoms with E-state index in [-0.39, 0.29) is 11.8 Å². The first-order valence-corrected chi connectivity index (χ1v) is 10.5. The lowest BCUT2D eigenvalue weighted by atomic mass is 10.0. The van der Waals surface area contributed by atoms with Gasteiger partial charge in [0, 0.05) is 31.0 Å². The minimum absolute atomic E-state index is 0.278. The molecule has 1 N–H and O–H groups in total. The number of ether oxygens (including phenoxy) is 1. The van der Waals surface area contributed by atoms with Crippen molar-refractivity contribution in [1.29, 1.82) is 0 Å². The van der Waals surface area contributed by atoms with E-state index in [2.05, 4.69) is 22.3 Å². The van der Waals surface area contributed by atoms with E-state index in [1.54, 1.807) is 38.3 Å². The number of nitrogens with one attached hydrogen (secondary N) is 1. The van der Waals surface area contributed by atoms with Crippen LogP contribution in [0.2, 0.25) is 0 Å². The number of piperidine rings is 1. The molecule has 0 saturated carbocycles. The Labute approximate surface area is 177 Å². The normalized spacial score (nSPS) is 17.0. The molecule has 2 heterocycles. The Morgan fingerprint density at radius 2 is 1.57 bits per heavy atom. The van der Waals surface area contributed by atoms with Crippen molar-refractivity contribution in [2.75, 3.05) is 37.0 Å². The van der Waals surface area contributed by atoms with Crippen molar-refractivity contribution in [2.24, 2.45) is 0 Å². The number of methoxy groups -OCH3 is 1. The Bertz CT molecular complexity index is 958. The molecule has 2 aliphatic rings. The van der Waals surface area contributed by atoms with Gasteiger partial charge >= 0.3 is 0 Å². The predicted octanol–water partition coefficient (Wildman–Crippen LogP) is 3.90. The summed E-state index contributed by atoms with van der Waals surface area (Å²) in [6.45, 7) is 4.30. The van der Waals surface area contributed by atoms with Crippen LogP contribution in [0.25, 0.3) is 5.57 Å². The molecule has 1 saturated heterocycles. The Kier molecular flexibility index (Phi) is 5.74. The summed E-state index contributed by atoms with van der Waals surface area (Å²) < 4.78 is 5.21. The number of hydrogen-bond donors (Lipinski definition) is 1. The van der Waals surface area contributed by atoms with Gasteiger partial charge < -0.3 is 15.0 Å². The summed E-state index contributed by atoms with van der Waals surface area (Å²) in [5.74, 6) is 0.125. The van der Waals surface area contributed by atoms with Gasteiger partial charge in [0.1, 0.15) is 11.4 Å². The molecule has 4 rings (SSSR count). The predicted molar refractivity (Wildman–Crippen MR) is 118 cm³/mol. The molecule has 0 atom stereocenters. The Hall–Kier alpha value is -3.28. The van der Waals surface area contributed by atoms with Gasteiger partial charge in [0.2, 0.25) is 0 Å². The van der Waals surface area contributed by atoms with Crippen LogP contribution in [0.4, 0.5) is 11.4 Å². The van der Waals surface area contributed by atoms with E-state index in [4.69, 9.17) is 4.74 Å². The van der Waals surface area contributed by atoms with Crippen LogP contribution in [0.15, 0.2) is 54.2 Å². The quantitative estimate of drug-likeness (QED) is 0.739. The fraction of sp³-hybridized carbons (Fsp3) is 0.333. The van der Waals surface area contributed by atoms with Crippen molar-refractivity contribution >= 4 is 28.8 Å². The number of carbonyl (C=O) groups is 2. The molecule has 2 amide bonds. The zero-order valence-corrected chi connectivity index (χ0v) is 17.5. The van der Waals surface area contributed by atoms with E-state index in [0.29, 0.717) is 29.1 Å². The maximum absolute atomic E-state index is 12.9. The van der Waals surface area contributed by atoms with Crippen LogP contribution in [0, 0.1) is 0 Å². The Balaban J connectivity index is 1.63. The number of nitrogens with zero attached hydrogens (tertiary/aromatic N) is 2. The summed E-state index contributed by atoms with van der Waals surface area (Å²) in [5, 5.41) is 3.21. The average Bonchev–Trinajstić information content (AvgIpc) is 3.03. The summed E-state index contributed by atoms with van der Waals surface area (Å²) in [4.78, 5) is 29.5. The number of amides is 2. The lowest BCUT2D eigenvalue weighted by molar-refractivity contribution is -0.136. The second-order valence-electron chi connectivity index (χ2n) is 7.55. The van der Waals surface area contributed by atoms with E-state index in [0.717, 1.165) is 18.8 Å². The highest BCUT2D eigenvalue weighted by Crippen LogP contribution is 2.32. The second-order valence-corrected chi connectivity index (χ2v) is 7.55. The van der Waals surface area contributed by atoms with Gasteiger partial charge in [-0.2, -0.15) is 0 Å². The van der Waals surface area contributed by atoms with Crippen molar-refractivity contribution in [3.63, 3.8) is 0 Å². The van der Waals surface area contributed by atoms with Crippen molar-refractivity contribution in [3.05, 3.63) is 59.8 Å². The van der Waals surface area contributed by atoms with Crippen molar-refractivity contribution in [1.82, 2.24) is 4.90 Å².